The van der Waals surface area contributed by atoms with Gasteiger partial charge in [-0.15, -0.1) is 0 Å². The Morgan fingerprint density at radius 2 is 1.89 bits per heavy atom. The van der Waals surface area contributed by atoms with Crippen LogP contribution in [0.4, 0.5) is 0 Å². The van der Waals surface area contributed by atoms with Crippen molar-refractivity contribution in [1.82, 2.24) is 10.2 Å². The maximum absolute atomic E-state index is 12.9. The van der Waals surface area contributed by atoms with Crippen LogP contribution in [-0.4, -0.2) is 50.6 Å². The van der Waals surface area contributed by atoms with Crippen LogP contribution in [0.25, 0.3) is 11.1 Å². The Bertz CT molecular complexity index is 817. The van der Waals surface area contributed by atoms with Gasteiger partial charge in [-0.1, -0.05) is 30.3 Å². The van der Waals surface area contributed by atoms with Crippen LogP contribution >= 0.6 is 0 Å². The van der Waals surface area contributed by atoms with Crippen molar-refractivity contribution in [2.45, 2.75) is 19.3 Å². The minimum Gasteiger partial charge on any atom is -0.385 e. The highest BCUT2D eigenvalue weighted by Crippen LogP contribution is 2.26. The topological polar surface area (TPSA) is 58.6 Å². The molecule has 2 aromatic carbocycles. The third-order valence-corrected chi connectivity index (χ3v) is 5.38. The Labute approximate surface area is 166 Å². The van der Waals surface area contributed by atoms with Gasteiger partial charge < -0.3 is 15.0 Å². The molecule has 1 aliphatic heterocycles. The predicted molar refractivity (Wildman–Crippen MR) is 110 cm³/mol. The van der Waals surface area contributed by atoms with Crippen molar-refractivity contribution >= 4 is 11.8 Å². The molecule has 0 spiro atoms. The summed E-state index contributed by atoms with van der Waals surface area (Å²) in [6, 6.07) is 15.0. The number of piperidine rings is 1. The van der Waals surface area contributed by atoms with Crippen LogP contribution in [0.1, 0.15) is 40.0 Å². The third kappa shape index (κ3) is 4.60. The molecule has 1 fully saturated rings. The monoisotopic (exact) mass is 380 g/mol. The van der Waals surface area contributed by atoms with Gasteiger partial charge in [0.25, 0.3) is 11.8 Å². The van der Waals surface area contributed by atoms with E-state index in [1.165, 1.54) is 0 Å². The molecule has 1 heterocycles. The first-order valence-electron chi connectivity index (χ1n) is 9.83. The summed E-state index contributed by atoms with van der Waals surface area (Å²) in [6.45, 7) is 2.35. The fourth-order valence-corrected chi connectivity index (χ4v) is 3.81. The summed E-state index contributed by atoms with van der Waals surface area (Å²) < 4.78 is 5.18. The average molecular weight is 380 g/mol. The minimum atomic E-state index is -0.119. The molecule has 28 heavy (non-hydrogen) atoms. The number of nitrogens with one attached hydrogen (secondary N) is 1. The lowest BCUT2D eigenvalue weighted by molar-refractivity contribution is 0.0642. The van der Waals surface area contributed by atoms with Crippen LogP contribution < -0.4 is 5.32 Å². The molecule has 5 nitrogen and oxygen atoms in total. The van der Waals surface area contributed by atoms with E-state index in [2.05, 4.69) is 5.32 Å². The second-order valence-corrected chi connectivity index (χ2v) is 7.24. The Hall–Kier alpha value is -2.66. The first-order chi connectivity index (χ1) is 13.6. The average Bonchev–Trinajstić information content (AvgIpc) is 2.77. The molecule has 148 valence electrons. The first kappa shape index (κ1) is 20.1. The van der Waals surface area contributed by atoms with Crippen molar-refractivity contribution in [2.75, 3.05) is 33.9 Å². The van der Waals surface area contributed by atoms with Crippen molar-refractivity contribution in [1.29, 1.82) is 0 Å². The van der Waals surface area contributed by atoms with E-state index >= 15 is 0 Å². The van der Waals surface area contributed by atoms with Crippen LogP contribution in [0.2, 0.25) is 0 Å². The van der Waals surface area contributed by atoms with E-state index < -0.39 is 0 Å². The van der Waals surface area contributed by atoms with Gasteiger partial charge in [-0.3, -0.25) is 9.59 Å². The summed E-state index contributed by atoms with van der Waals surface area (Å²) >= 11 is 0. The summed E-state index contributed by atoms with van der Waals surface area (Å²) in [6.07, 6.45) is 3.19. The zero-order valence-corrected chi connectivity index (χ0v) is 16.6. The quantitative estimate of drug-likeness (QED) is 0.833. The number of nitrogens with zero attached hydrogens (tertiary/aromatic N) is 1. The zero-order valence-electron chi connectivity index (χ0n) is 16.6. The number of benzene rings is 2. The van der Waals surface area contributed by atoms with Crippen molar-refractivity contribution in [2.24, 2.45) is 5.92 Å². The molecule has 0 aliphatic carbocycles. The summed E-state index contributed by atoms with van der Waals surface area (Å²) in [5, 5.41) is 2.67. The second-order valence-electron chi connectivity index (χ2n) is 7.24. The molecular formula is C23H28N2O3. The number of carbonyl (C=O) groups excluding carboxylic acids is 2. The lowest BCUT2D eigenvalue weighted by atomic mass is 9.94. The maximum Gasteiger partial charge on any atom is 0.253 e. The Kier molecular flexibility index (Phi) is 6.82. The van der Waals surface area contributed by atoms with Crippen molar-refractivity contribution in [3.8, 4) is 11.1 Å². The first-order valence-corrected chi connectivity index (χ1v) is 9.83. The van der Waals surface area contributed by atoms with Crippen LogP contribution in [0.3, 0.4) is 0 Å². The number of hydrogen-bond donors (Lipinski definition) is 1. The molecule has 3 rings (SSSR count). The molecule has 0 aromatic heterocycles. The zero-order chi connectivity index (χ0) is 19.9. The molecule has 0 saturated carbocycles. The fourth-order valence-electron chi connectivity index (χ4n) is 3.81. The molecule has 1 saturated heterocycles. The van der Waals surface area contributed by atoms with Crippen molar-refractivity contribution in [3.05, 3.63) is 59.7 Å². The number of rotatable bonds is 6. The van der Waals surface area contributed by atoms with Crippen LogP contribution in [0.5, 0.6) is 0 Å². The molecule has 2 amide bonds. The van der Waals surface area contributed by atoms with Crippen molar-refractivity contribution in [3.63, 3.8) is 0 Å². The Morgan fingerprint density at radius 3 is 2.61 bits per heavy atom. The van der Waals surface area contributed by atoms with E-state index in [0.29, 0.717) is 17.0 Å². The minimum absolute atomic E-state index is 0.0771. The summed E-state index contributed by atoms with van der Waals surface area (Å²) in [5.74, 6) is 0.468. The molecule has 1 aliphatic rings. The number of likely N-dealkylation sites (tertiary alicyclic amines) is 1. The van der Waals surface area contributed by atoms with E-state index in [-0.39, 0.29) is 11.8 Å². The standard InChI is InChI=1S/C23H28N2O3/c1-24-22(26)21-8-4-3-7-20(21)18-9-11-19(12-10-18)23(27)25-14-5-6-17(16-25)13-15-28-2/h3-4,7-12,17H,5-6,13-16H2,1-2H3,(H,24,26)/t17-/m0/s1. The molecular weight excluding hydrogens is 352 g/mol. The second kappa shape index (κ2) is 9.51. The largest absolute Gasteiger partial charge is 0.385 e. The summed E-state index contributed by atoms with van der Waals surface area (Å²) in [4.78, 5) is 27.0. The summed E-state index contributed by atoms with van der Waals surface area (Å²) in [5.41, 5.74) is 3.10. The van der Waals surface area contributed by atoms with Gasteiger partial charge in [-0.25, -0.2) is 0 Å². The van der Waals surface area contributed by atoms with E-state index in [1.807, 2.05) is 47.4 Å². The van der Waals surface area contributed by atoms with Crippen molar-refractivity contribution < 1.29 is 14.3 Å². The van der Waals surface area contributed by atoms with Crippen LogP contribution in [0.15, 0.2) is 48.5 Å². The van der Waals surface area contributed by atoms with E-state index in [0.717, 1.165) is 50.1 Å². The molecule has 0 bridgehead atoms. The van der Waals surface area contributed by atoms with Gasteiger partial charge in [0.1, 0.15) is 0 Å². The van der Waals surface area contributed by atoms with Gasteiger partial charge in [-0.05, 0) is 54.5 Å². The van der Waals surface area contributed by atoms with Gasteiger partial charge in [0.2, 0.25) is 0 Å². The molecule has 0 radical (unpaired) electrons. The number of carbonyl (C=O) groups is 2. The van der Waals surface area contributed by atoms with Crippen LogP contribution in [0, 0.1) is 5.92 Å². The Morgan fingerprint density at radius 1 is 1.14 bits per heavy atom. The summed E-state index contributed by atoms with van der Waals surface area (Å²) in [7, 11) is 3.34. The van der Waals surface area contributed by atoms with E-state index in [4.69, 9.17) is 4.74 Å². The lowest BCUT2D eigenvalue weighted by Crippen LogP contribution is -2.40. The molecule has 0 unspecified atom stereocenters. The number of amides is 2. The molecule has 2 aromatic rings. The third-order valence-electron chi connectivity index (χ3n) is 5.38. The van der Waals surface area contributed by atoms with E-state index in [1.54, 1.807) is 20.2 Å². The molecule has 1 atom stereocenters. The van der Waals surface area contributed by atoms with Gasteiger partial charge >= 0.3 is 0 Å². The molecule has 5 heteroatoms. The van der Waals surface area contributed by atoms with Gasteiger partial charge in [0.15, 0.2) is 0 Å². The Balaban J connectivity index is 1.74. The highest BCUT2D eigenvalue weighted by atomic mass is 16.5. The maximum atomic E-state index is 12.9. The highest BCUT2D eigenvalue weighted by Gasteiger charge is 2.24. The van der Waals surface area contributed by atoms with Gasteiger partial charge in [0.05, 0.1) is 0 Å². The number of ether oxygens (including phenoxy) is 1. The predicted octanol–water partition coefficient (Wildman–Crippen LogP) is 3.60. The van der Waals surface area contributed by atoms with Crippen LogP contribution in [-0.2, 0) is 4.74 Å². The van der Waals surface area contributed by atoms with Gasteiger partial charge in [0, 0.05) is 45.0 Å². The number of hydrogen-bond acceptors (Lipinski definition) is 3. The number of methoxy groups -OCH3 is 1. The fraction of sp³-hybridized carbons (Fsp3) is 0.391. The SMILES string of the molecule is CNC(=O)c1ccccc1-c1ccc(C(=O)N2CCC[C@@H](CCOC)C2)cc1. The van der Waals surface area contributed by atoms with Gasteiger partial charge in [-0.2, -0.15) is 0 Å². The smallest absolute Gasteiger partial charge is 0.253 e. The highest BCUT2D eigenvalue weighted by molar-refractivity contribution is 6.01. The normalized spacial score (nSPS) is 16.6. The lowest BCUT2D eigenvalue weighted by Gasteiger charge is -2.32. The van der Waals surface area contributed by atoms with E-state index in [9.17, 15) is 9.59 Å². The molecule has 1 N–H and O–H groups in total.